The Morgan fingerprint density at radius 1 is 1.58 bits per heavy atom. The normalized spacial score (nSPS) is 9.42. The lowest BCUT2D eigenvalue weighted by atomic mass is 9.91. The molecule has 0 aromatic heterocycles. The number of ether oxygens (including phenoxy) is 1. The zero-order valence-corrected chi connectivity index (χ0v) is 6.79. The van der Waals surface area contributed by atoms with Gasteiger partial charge in [-0.3, -0.25) is 0 Å². The predicted molar refractivity (Wildman–Crippen MR) is 50.7 cm³/mol. The first kappa shape index (κ1) is 8.65. The molecule has 0 aliphatic carbocycles. The molecule has 4 heteroatoms. The number of benzene rings is 1. The Bertz CT molecular complexity index is 312. The summed E-state index contributed by atoms with van der Waals surface area (Å²) in [5.74, 6) is 0.611. The summed E-state index contributed by atoms with van der Waals surface area (Å²) in [5.41, 5.74) is 7.02. The quantitative estimate of drug-likeness (QED) is 0.365. The summed E-state index contributed by atoms with van der Waals surface area (Å²) in [6.07, 6.45) is 1.15. The van der Waals surface area contributed by atoms with Crippen LogP contribution in [0.25, 0.3) is 0 Å². The Balaban J connectivity index is 3.28. The van der Waals surface area contributed by atoms with E-state index in [1.165, 1.54) is 0 Å². The first-order valence-corrected chi connectivity index (χ1v) is 3.42. The second kappa shape index (κ2) is 3.30. The number of nitrogens with two attached hydrogens (primary N) is 1. The summed E-state index contributed by atoms with van der Waals surface area (Å²) >= 11 is 0. The molecule has 3 N–H and O–H groups in total. The van der Waals surface area contributed by atoms with Gasteiger partial charge >= 0.3 is 0 Å². The third-order valence-corrected chi connectivity index (χ3v) is 1.61. The number of nitrogen functional groups attached to an aromatic ring is 1. The first-order chi connectivity index (χ1) is 5.69. The molecule has 0 spiro atoms. The van der Waals surface area contributed by atoms with Gasteiger partial charge in [-0.05, 0) is 12.1 Å². The molecule has 0 saturated heterocycles. The van der Waals surface area contributed by atoms with Crippen molar-refractivity contribution in [1.82, 2.24) is 0 Å². The van der Waals surface area contributed by atoms with Gasteiger partial charge in [0.25, 0.3) is 0 Å². The molecule has 2 radical (unpaired) electrons. The summed E-state index contributed by atoms with van der Waals surface area (Å²) in [4.78, 5) is 0. The van der Waals surface area contributed by atoms with E-state index in [-0.39, 0.29) is 0 Å². The number of hydrogen-bond donors (Lipinski definition) is 2. The molecule has 60 valence electrons. The van der Waals surface area contributed by atoms with Gasteiger partial charge in [0.1, 0.15) is 13.6 Å². The molecule has 0 atom stereocenters. The van der Waals surface area contributed by atoms with Crippen LogP contribution in [-0.2, 0) is 0 Å². The van der Waals surface area contributed by atoms with E-state index in [1.807, 2.05) is 0 Å². The fourth-order valence-electron chi connectivity index (χ4n) is 0.908. The highest BCUT2D eigenvalue weighted by molar-refractivity contribution is 6.36. The zero-order valence-electron chi connectivity index (χ0n) is 6.79. The Hall–Kier alpha value is -1.45. The molecule has 0 fully saturated rings. The van der Waals surface area contributed by atoms with Crippen molar-refractivity contribution in [1.29, 1.82) is 5.41 Å². The molecular formula is C8H9BN2O. The van der Waals surface area contributed by atoms with Crippen LogP contribution in [0.15, 0.2) is 12.1 Å². The Labute approximate surface area is 72.5 Å². The minimum atomic E-state index is 0.422. The molecule has 0 heterocycles. The second-order valence-corrected chi connectivity index (χ2v) is 2.36. The van der Waals surface area contributed by atoms with E-state index in [9.17, 15) is 0 Å². The monoisotopic (exact) mass is 160 g/mol. The molecule has 1 aromatic rings. The lowest BCUT2D eigenvalue weighted by molar-refractivity contribution is 0.415. The van der Waals surface area contributed by atoms with Gasteiger partial charge in [-0.2, -0.15) is 0 Å². The van der Waals surface area contributed by atoms with Crippen LogP contribution >= 0.6 is 0 Å². The van der Waals surface area contributed by atoms with Crippen molar-refractivity contribution in [2.75, 3.05) is 12.8 Å². The van der Waals surface area contributed by atoms with Crippen molar-refractivity contribution >= 4 is 25.2 Å². The van der Waals surface area contributed by atoms with Gasteiger partial charge in [-0.25, -0.2) is 0 Å². The van der Waals surface area contributed by atoms with E-state index in [0.717, 1.165) is 6.21 Å². The Kier molecular flexibility index (Phi) is 2.38. The van der Waals surface area contributed by atoms with Gasteiger partial charge in [-0.15, -0.1) is 0 Å². The fourth-order valence-corrected chi connectivity index (χ4v) is 0.908. The molecule has 0 bridgehead atoms. The van der Waals surface area contributed by atoms with Crippen molar-refractivity contribution in [2.45, 2.75) is 0 Å². The van der Waals surface area contributed by atoms with Crippen molar-refractivity contribution in [3.8, 4) is 5.75 Å². The van der Waals surface area contributed by atoms with Crippen LogP contribution in [0.1, 0.15) is 5.56 Å². The van der Waals surface area contributed by atoms with Crippen LogP contribution in [0.4, 0.5) is 5.69 Å². The van der Waals surface area contributed by atoms with Crippen molar-refractivity contribution in [3.63, 3.8) is 0 Å². The standard InChI is InChI=1S/C8H9BN2O/c1-12-6-2-5(4-10)8(11)7(9)3-6/h2-4,10H,11H2,1H3. The smallest absolute Gasteiger partial charge is 0.119 e. The minimum Gasteiger partial charge on any atom is -0.497 e. The number of rotatable bonds is 2. The number of anilines is 1. The molecule has 0 amide bonds. The van der Waals surface area contributed by atoms with Gasteiger partial charge in [0.05, 0.1) is 7.11 Å². The van der Waals surface area contributed by atoms with Crippen LogP contribution in [0.3, 0.4) is 0 Å². The maximum Gasteiger partial charge on any atom is 0.119 e. The molecule has 0 saturated carbocycles. The molecule has 12 heavy (non-hydrogen) atoms. The average molecular weight is 160 g/mol. The van der Waals surface area contributed by atoms with Crippen molar-refractivity contribution < 1.29 is 4.74 Å². The van der Waals surface area contributed by atoms with Crippen LogP contribution in [0.2, 0.25) is 0 Å². The molecule has 3 nitrogen and oxygen atoms in total. The maximum atomic E-state index is 7.04. The fraction of sp³-hybridized carbons (Fsp3) is 0.125. The SMILES string of the molecule is [B]c1cc(OC)cc(C=N)c1N. The van der Waals surface area contributed by atoms with E-state index in [2.05, 4.69) is 0 Å². The lowest BCUT2D eigenvalue weighted by Gasteiger charge is -2.07. The third-order valence-electron chi connectivity index (χ3n) is 1.61. The van der Waals surface area contributed by atoms with E-state index in [0.29, 0.717) is 22.5 Å². The number of hydrogen-bond acceptors (Lipinski definition) is 3. The average Bonchev–Trinajstić information content (AvgIpc) is 2.09. The summed E-state index contributed by atoms with van der Waals surface area (Å²) in [7, 11) is 7.10. The molecule has 0 unspecified atom stereocenters. The van der Waals surface area contributed by atoms with E-state index >= 15 is 0 Å². The highest BCUT2D eigenvalue weighted by Crippen LogP contribution is 2.14. The van der Waals surface area contributed by atoms with Gasteiger partial charge in [0, 0.05) is 17.5 Å². The lowest BCUT2D eigenvalue weighted by Crippen LogP contribution is -2.12. The van der Waals surface area contributed by atoms with Crippen molar-refractivity contribution in [2.24, 2.45) is 0 Å². The number of methoxy groups -OCH3 is 1. The molecule has 1 aromatic carbocycles. The molecule has 0 aliphatic heterocycles. The zero-order chi connectivity index (χ0) is 9.14. The third kappa shape index (κ3) is 1.42. The topological polar surface area (TPSA) is 59.1 Å². The Morgan fingerprint density at radius 2 is 2.25 bits per heavy atom. The maximum absolute atomic E-state index is 7.04. The van der Waals surface area contributed by atoms with E-state index < -0.39 is 0 Å². The second-order valence-electron chi connectivity index (χ2n) is 2.36. The van der Waals surface area contributed by atoms with E-state index in [4.69, 9.17) is 23.7 Å². The van der Waals surface area contributed by atoms with Gasteiger partial charge < -0.3 is 15.9 Å². The summed E-state index contributed by atoms with van der Waals surface area (Å²) in [6.45, 7) is 0. The molecule has 0 aliphatic rings. The van der Waals surface area contributed by atoms with Crippen LogP contribution in [-0.4, -0.2) is 21.2 Å². The van der Waals surface area contributed by atoms with Crippen LogP contribution < -0.4 is 15.9 Å². The highest BCUT2D eigenvalue weighted by atomic mass is 16.5. The van der Waals surface area contributed by atoms with Gasteiger partial charge in [0.15, 0.2) is 0 Å². The molecular weight excluding hydrogens is 151 g/mol. The van der Waals surface area contributed by atoms with Gasteiger partial charge in [-0.1, -0.05) is 5.46 Å². The highest BCUT2D eigenvalue weighted by Gasteiger charge is 2.01. The van der Waals surface area contributed by atoms with E-state index in [1.54, 1.807) is 19.2 Å². The number of nitrogens with one attached hydrogen (secondary N) is 1. The Morgan fingerprint density at radius 3 is 2.75 bits per heavy atom. The molecule has 1 rings (SSSR count). The van der Waals surface area contributed by atoms with Gasteiger partial charge in [0.2, 0.25) is 0 Å². The predicted octanol–water partition coefficient (Wildman–Crippen LogP) is 0.0689. The van der Waals surface area contributed by atoms with Crippen molar-refractivity contribution in [3.05, 3.63) is 17.7 Å². The summed E-state index contributed by atoms with van der Waals surface area (Å²) in [5, 5.41) is 7.04. The summed E-state index contributed by atoms with van der Waals surface area (Å²) in [6, 6.07) is 3.29. The van der Waals surface area contributed by atoms with Crippen LogP contribution in [0.5, 0.6) is 5.75 Å². The summed E-state index contributed by atoms with van der Waals surface area (Å²) < 4.78 is 4.95. The van der Waals surface area contributed by atoms with Crippen LogP contribution in [0, 0.1) is 5.41 Å². The largest absolute Gasteiger partial charge is 0.497 e. The minimum absolute atomic E-state index is 0.422. The first-order valence-electron chi connectivity index (χ1n) is 3.42.